The summed E-state index contributed by atoms with van der Waals surface area (Å²) in [5, 5.41) is 0. The number of rotatable bonds is 2. The van der Waals surface area contributed by atoms with Gasteiger partial charge in [0.2, 0.25) is 0 Å². The molecule has 1 aliphatic carbocycles. The molecule has 0 saturated heterocycles. The number of fused-ring (bicyclic) bond motifs is 1. The first-order valence-electron chi connectivity index (χ1n) is 6.74. The predicted molar refractivity (Wildman–Crippen MR) is 74.1 cm³/mol. The van der Waals surface area contributed by atoms with Crippen LogP contribution in [0.3, 0.4) is 0 Å². The van der Waals surface area contributed by atoms with E-state index in [1.165, 1.54) is 6.33 Å². The highest BCUT2D eigenvalue weighted by molar-refractivity contribution is 5.71. The summed E-state index contributed by atoms with van der Waals surface area (Å²) in [6, 6.07) is 2.72. The fraction of sp³-hybridized carbons (Fsp3) is 0.214. The van der Waals surface area contributed by atoms with Crippen LogP contribution < -0.4 is 11.2 Å². The maximum Gasteiger partial charge on any atom is 0.337 e. The molecule has 2 heterocycles. The fourth-order valence-corrected chi connectivity index (χ4v) is 2.55. The van der Waals surface area contributed by atoms with Crippen molar-refractivity contribution in [3.63, 3.8) is 0 Å². The fourth-order valence-electron chi connectivity index (χ4n) is 2.55. The van der Waals surface area contributed by atoms with Crippen LogP contribution in [0.1, 0.15) is 18.9 Å². The van der Waals surface area contributed by atoms with Gasteiger partial charge in [-0.15, -0.1) is 0 Å². The van der Waals surface area contributed by atoms with Gasteiger partial charge in [-0.05, 0) is 25.0 Å². The highest BCUT2D eigenvalue weighted by atomic mass is 19.1. The minimum Gasteiger partial charge on any atom is -0.339 e. The molecule has 0 atom stereocenters. The van der Waals surface area contributed by atoms with Gasteiger partial charge in [0.15, 0.2) is 5.65 Å². The monoisotopic (exact) mass is 304 g/mol. The van der Waals surface area contributed by atoms with E-state index >= 15 is 0 Å². The number of hydrogen-bond acceptors (Lipinski definition) is 3. The van der Waals surface area contributed by atoms with Crippen molar-refractivity contribution >= 4 is 11.2 Å². The van der Waals surface area contributed by atoms with Crippen molar-refractivity contribution < 1.29 is 8.78 Å². The molecule has 2 aromatic heterocycles. The molecule has 0 bridgehead atoms. The Morgan fingerprint density at radius 3 is 2.68 bits per heavy atom. The molecule has 112 valence electrons. The van der Waals surface area contributed by atoms with Crippen LogP contribution in [-0.4, -0.2) is 19.1 Å². The number of aromatic nitrogens is 4. The highest BCUT2D eigenvalue weighted by Gasteiger charge is 2.30. The van der Waals surface area contributed by atoms with Crippen LogP contribution in [0.5, 0.6) is 0 Å². The van der Waals surface area contributed by atoms with Crippen LogP contribution in [0, 0.1) is 11.6 Å². The van der Waals surface area contributed by atoms with E-state index in [1.807, 2.05) is 0 Å². The van der Waals surface area contributed by atoms with Crippen molar-refractivity contribution in [2.75, 3.05) is 0 Å². The van der Waals surface area contributed by atoms with Crippen molar-refractivity contribution in [3.05, 3.63) is 57.0 Å². The zero-order valence-electron chi connectivity index (χ0n) is 11.2. The second kappa shape index (κ2) is 4.36. The van der Waals surface area contributed by atoms with E-state index in [4.69, 9.17) is 0 Å². The number of hydrogen-bond donors (Lipinski definition) is 1. The predicted octanol–water partition coefficient (Wildman–Crippen LogP) is 1.49. The second-order valence-corrected chi connectivity index (χ2v) is 5.22. The Kier molecular flexibility index (Phi) is 2.56. The summed E-state index contributed by atoms with van der Waals surface area (Å²) in [7, 11) is 0. The van der Waals surface area contributed by atoms with Crippen molar-refractivity contribution in [2.45, 2.75) is 18.9 Å². The number of benzene rings is 1. The van der Waals surface area contributed by atoms with E-state index in [2.05, 4.69) is 9.97 Å². The number of halogens is 2. The molecule has 0 spiro atoms. The van der Waals surface area contributed by atoms with E-state index in [0.717, 1.165) is 34.1 Å². The normalized spacial score (nSPS) is 14.6. The smallest absolute Gasteiger partial charge is 0.337 e. The zero-order chi connectivity index (χ0) is 15.4. The van der Waals surface area contributed by atoms with Crippen LogP contribution in [0.4, 0.5) is 8.78 Å². The highest BCUT2D eigenvalue weighted by Crippen LogP contribution is 2.32. The minimum absolute atomic E-state index is 0.0254. The summed E-state index contributed by atoms with van der Waals surface area (Å²) in [6.07, 6.45) is 2.71. The first-order valence-corrected chi connectivity index (χ1v) is 6.74. The van der Waals surface area contributed by atoms with E-state index in [-0.39, 0.29) is 22.9 Å². The first kappa shape index (κ1) is 12.9. The average molecular weight is 304 g/mol. The number of nitrogens with one attached hydrogen (secondary N) is 1. The van der Waals surface area contributed by atoms with Gasteiger partial charge in [-0.3, -0.25) is 9.36 Å². The van der Waals surface area contributed by atoms with Crippen molar-refractivity contribution in [2.24, 2.45) is 0 Å². The molecule has 1 saturated carbocycles. The third kappa shape index (κ3) is 1.73. The van der Waals surface area contributed by atoms with Crippen LogP contribution in [0.2, 0.25) is 0 Å². The van der Waals surface area contributed by atoms with Gasteiger partial charge in [0.25, 0.3) is 5.56 Å². The number of H-pyrrole nitrogens is 1. The summed E-state index contributed by atoms with van der Waals surface area (Å²) in [4.78, 5) is 31.6. The first-order chi connectivity index (χ1) is 10.6. The van der Waals surface area contributed by atoms with Gasteiger partial charge in [-0.2, -0.15) is 0 Å². The molecule has 4 rings (SSSR count). The van der Waals surface area contributed by atoms with Gasteiger partial charge >= 0.3 is 5.69 Å². The summed E-state index contributed by atoms with van der Waals surface area (Å²) < 4.78 is 29.3. The van der Waals surface area contributed by atoms with Gasteiger partial charge in [0.05, 0.1) is 12.0 Å². The Hall–Kier alpha value is -2.77. The largest absolute Gasteiger partial charge is 0.339 e. The van der Waals surface area contributed by atoms with Crippen molar-refractivity contribution in [1.29, 1.82) is 0 Å². The molecule has 1 fully saturated rings. The molecule has 6 nitrogen and oxygen atoms in total. The topological polar surface area (TPSA) is 72.7 Å². The lowest BCUT2D eigenvalue weighted by Crippen LogP contribution is -2.39. The van der Waals surface area contributed by atoms with E-state index in [0.29, 0.717) is 6.07 Å². The number of aromatic amines is 1. The van der Waals surface area contributed by atoms with Crippen molar-refractivity contribution in [1.82, 2.24) is 19.1 Å². The molecular formula is C14H10F2N4O2. The molecule has 0 amide bonds. The van der Waals surface area contributed by atoms with Gasteiger partial charge < -0.3 is 4.98 Å². The molecule has 22 heavy (non-hydrogen) atoms. The molecule has 3 aromatic rings. The van der Waals surface area contributed by atoms with Gasteiger partial charge in [-0.25, -0.2) is 23.1 Å². The summed E-state index contributed by atoms with van der Waals surface area (Å²) in [6.45, 7) is 0. The Labute approximate surface area is 121 Å². The molecule has 1 aliphatic rings. The van der Waals surface area contributed by atoms with Crippen molar-refractivity contribution in [3.8, 4) is 5.69 Å². The molecule has 0 aliphatic heterocycles. The van der Waals surface area contributed by atoms with Crippen LogP contribution in [0.15, 0.2) is 34.1 Å². The van der Waals surface area contributed by atoms with E-state index in [9.17, 15) is 18.4 Å². The van der Waals surface area contributed by atoms with Crippen LogP contribution in [-0.2, 0) is 0 Å². The van der Waals surface area contributed by atoms with Crippen LogP contribution >= 0.6 is 0 Å². The maximum atomic E-state index is 14.1. The summed E-state index contributed by atoms with van der Waals surface area (Å²) in [5.74, 6) is -1.64. The SMILES string of the molecule is O=c1c2[nH]cnc2n(-c2ccc(F)cc2F)c(=O)n1C1CC1. The van der Waals surface area contributed by atoms with Gasteiger partial charge in [0, 0.05) is 12.1 Å². The summed E-state index contributed by atoms with van der Waals surface area (Å²) >= 11 is 0. The third-order valence-corrected chi connectivity index (χ3v) is 3.72. The number of nitrogens with zero attached hydrogens (tertiary/aromatic N) is 3. The van der Waals surface area contributed by atoms with Gasteiger partial charge in [0.1, 0.15) is 17.2 Å². The molecule has 1 N–H and O–H groups in total. The molecule has 0 unspecified atom stereocenters. The minimum atomic E-state index is -0.896. The lowest BCUT2D eigenvalue weighted by molar-refractivity contribution is 0.571. The number of imidazole rings is 1. The van der Waals surface area contributed by atoms with E-state index in [1.54, 1.807) is 0 Å². The molecule has 1 aromatic carbocycles. The lowest BCUT2D eigenvalue weighted by Gasteiger charge is -2.11. The maximum absolute atomic E-state index is 14.1. The lowest BCUT2D eigenvalue weighted by atomic mass is 10.3. The second-order valence-electron chi connectivity index (χ2n) is 5.22. The average Bonchev–Trinajstić information content (AvgIpc) is 3.17. The molecule has 8 heteroatoms. The third-order valence-electron chi connectivity index (χ3n) is 3.72. The molecule has 0 radical (unpaired) electrons. The Bertz CT molecular complexity index is 1010. The quantitative estimate of drug-likeness (QED) is 0.779. The Balaban J connectivity index is 2.15. The van der Waals surface area contributed by atoms with Gasteiger partial charge in [-0.1, -0.05) is 0 Å². The summed E-state index contributed by atoms with van der Waals surface area (Å²) in [5.41, 5.74) is -1.14. The molecular weight excluding hydrogens is 294 g/mol. The zero-order valence-corrected chi connectivity index (χ0v) is 11.2. The Morgan fingerprint density at radius 2 is 2.00 bits per heavy atom. The van der Waals surface area contributed by atoms with Crippen LogP contribution in [0.25, 0.3) is 16.9 Å². The Morgan fingerprint density at radius 1 is 1.23 bits per heavy atom. The van der Waals surface area contributed by atoms with E-state index < -0.39 is 22.9 Å². The standard InChI is InChI=1S/C14H10F2N4O2/c15-7-1-4-10(9(16)5-7)20-12-11(17-6-18-12)13(21)19(14(20)22)8-2-3-8/h1,4-6,8H,2-3H2,(H,17,18).